The summed E-state index contributed by atoms with van der Waals surface area (Å²) in [4.78, 5) is 34.7. The molecule has 3 heterocycles. The van der Waals surface area contributed by atoms with Crippen LogP contribution in [0.3, 0.4) is 0 Å². The van der Waals surface area contributed by atoms with E-state index in [1.165, 1.54) is 11.1 Å². The second kappa shape index (κ2) is 17.2. The molecule has 0 radical (unpaired) electrons. The van der Waals surface area contributed by atoms with E-state index in [9.17, 15) is 4.79 Å². The van der Waals surface area contributed by atoms with Crippen molar-refractivity contribution in [2.75, 3.05) is 60.2 Å². The van der Waals surface area contributed by atoms with Gasteiger partial charge >= 0.3 is 0 Å². The standard InChI is InChI=1S/C45H50N4O5/c1-33-27-39(45(51)48-22-21-46(31-35-15-9-5-10-16-35)32-38(48)28-34-13-7-4-8-14-34)43(37-17-11-6-12-18-37)49(33)40-29-36(30-41(52-2)44(40)53-3)19-20-42(50)47-23-25-54-26-24-47/h4-18,27,29-30,38H,19-26,28,31-32H2,1-3H3/t38-/m1/s1. The minimum Gasteiger partial charge on any atom is -0.493 e. The fourth-order valence-corrected chi connectivity index (χ4v) is 7.91. The Morgan fingerprint density at radius 3 is 2.09 bits per heavy atom. The van der Waals surface area contributed by atoms with Gasteiger partial charge in [0.15, 0.2) is 11.5 Å². The van der Waals surface area contributed by atoms with Crippen molar-refractivity contribution in [3.05, 3.63) is 137 Å². The second-order valence-corrected chi connectivity index (χ2v) is 14.2. The lowest BCUT2D eigenvalue weighted by molar-refractivity contribution is -0.135. The molecule has 280 valence electrons. The van der Waals surface area contributed by atoms with E-state index in [2.05, 4.69) is 81.1 Å². The monoisotopic (exact) mass is 726 g/mol. The van der Waals surface area contributed by atoms with Gasteiger partial charge in [-0.05, 0) is 60.2 Å². The molecular formula is C45H50N4O5. The summed E-state index contributed by atoms with van der Waals surface area (Å²) < 4.78 is 19.5. The molecule has 9 nitrogen and oxygen atoms in total. The predicted octanol–water partition coefficient (Wildman–Crippen LogP) is 6.83. The number of ether oxygens (including phenoxy) is 3. The number of hydrogen-bond acceptors (Lipinski definition) is 6. The van der Waals surface area contributed by atoms with Crippen molar-refractivity contribution in [3.63, 3.8) is 0 Å². The van der Waals surface area contributed by atoms with Crippen LogP contribution in [0.5, 0.6) is 11.5 Å². The topological polar surface area (TPSA) is 76.5 Å². The van der Waals surface area contributed by atoms with Gasteiger partial charge in [0, 0.05) is 57.4 Å². The van der Waals surface area contributed by atoms with Crippen LogP contribution in [0, 0.1) is 6.92 Å². The van der Waals surface area contributed by atoms with Gasteiger partial charge < -0.3 is 28.6 Å². The zero-order valence-electron chi connectivity index (χ0n) is 31.6. The lowest BCUT2D eigenvalue weighted by Crippen LogP contribution is -2.55. The number of rotatable bonds is 12. The SMILES string of the molecule is COc1cc(CCC(=O)N2CCOCC2)cc(-n2c(C)cc(C(=O)N3CCN(Cc4ccccc4)C[C@H]3Cc3ccccc3)c2-c2ccccc2)c1OC. The molecule has 1 atom stereocenters. The van der Waals surface area contributed by atoms with Gasteiger partial charge in [0.05, 0.1) is 44.4 Å². The molecule has 54 heavy (non-hydrogen) atoms. The van der Waals surface area contributed by atoms with Crippen molar-refractivity contribution >= 4 is 11.8 Å². The number of carbonyl (C=O) groups excluding carboxylic acids is 2. The number of nitrogens with zero attached hydrogens (tertiary/aromatic N) is 4. The molecular weight excluding hydrogens is 677 g/mol. The fraction of sp³-hybridized carbons (Fsp3) is 0.333. The minimum absolute atomic E-state index is 0.00851. The minimum atomic E-state index is -0.0217. The Balaban J connectivity index is 1.26. The predicted molar refractivity (Wildman–Crippen MR) is 211 cm³/mol. The normalized spacial score (nSPS) is 16.3. The van der Waals surface area contributed by atoms with Crippen LogP contribution in [0.25, 0.3) is 16.9 Å². The third-order valence-electron chi connectivity index (χ3n) is 10.6. The molecule has 2 aliphatic rings. The highest BCUT2D eigenvalue weighted by Gasteiger charge is 2.34. The van der Waals surface area contributed by atoms with E-state index in [0.29, 0.717) is 62.8 Å². The molecule has 5 aromatic rings. The van der Waals surface area contributed by atoms with Gasteiger partial charge in [-0.25, -0.2) is 0 Å². The van der Waals surface area contributed by atoms with E-state index in [1.54, 1.807) is 14.2 Å². The van der Waals surface area contributed by atoms with E-state index < -0.39 is 0 Å². The molecule has 0 spiro atoms. The van der Waals surface area contributed by atoms with Crippen LogP contribution < -0.4 is 9.47 Å². The van der Waals surface area contributed by atoms with Gasteiger partial charge in [0.2, 0.25) is 5.91 Å². The Labute approximate surface area is 318 Å². The zero-order valence-corrected chi connectivity index (χ0v) is 31.6. The van der Waals surface area contributed by atoms with E-state index in [4.69, 9.17) is 14.2 Å². The molecule has 2 aliphatic heterocycles. The van der Waals surface area contributed by atoms with Crippen LogP contribution in [0.2, 0.25) is 0 Å². The average Bonchev–Trinajstić information content (AvgIpc) is 3.57. The Bertz CT molecular complexity index is 2030. The Hall–Kier alpha value is -5.38. The second-order valence-electron chi connectivity index (χ2n) is 14.2. The summed E-state index contributed by atoms with van der Waals surface area (Å²) in [5.41, 5.74) is 7.43. The van der Waals surface area contributed by atoms with Crippen LogP contribution in [0.4, 0.5) is 0 Å². The highest BCUT2D eigenvalue weighted by atomic mass is 16.5. The van der Waals surface area contributed by atoms with Crippen molar-refractivity contribution in [1.29, 1.82) is 0 Å². The first-order valence-electron chi connectivity index (χ1n) is 18.9. The van der Waals surface area contributed by atoms with Gasteiger partial charge in [-0.15, -0.1) is 0 Å². The van der Waals surface area contributed by atoms with Crippen LogP contribution in [-0.4, -0.2) is 97.3 Å². The molecule has 0 N–H and O–H groups in total. The summed E-state index contributed by atoms with van der Waals surface area (Å²) in [7, 11) is 3.27. The van der Waals surface area contributed by atoms with Gasteiger partial charge in [0.1, 0.15) is 0 Å². The Kier molecular flexibility index (Phi) is 11.8. The number of amides is 2. The molecule has 1 aromatic heterocycles. The lowest BCUT2D eigenvalue weighted by Gasteiger charge is -2.42. The van der Waals surface area contributed by atoms with E-state index in [-0.39, 0.29) is 17.9 Å². The number of benzene rings is 4. The van der Waals surface area contributed by atoms with Crippen LogP contribution in [0.1, 0.15) is 39.2 Å². The van der Waals surface area contributed by atoms with Gasteiger partial charge in [-0.3, -0.25) is 14.5 Å². The molecule has 4 aromatic carbocycles. The number of aromatic nitrogens is 1. The summed E-state index contributed by atoms with van der Waals surface area (Å²) in [5.74, 6) is 1.25. The van der Waals surface area contributed by atoms with E-state index in [0.717, 1.165) is 54.3 Å². The van der Waals surface area contributed by atoms with Crippen LogP contribution >= 0.6 is 0 Å². The number of morpholine rings is 1. The quantitative estimate of drug-likeness (QED) is 0.140. The van der Waals surface area contributed by atoms with Gasteiger partial charge in [0.25, 0.3) is 5.91 Å². The van der Waals surface area contributed by atoms with Gasteiger partial charge in [-0.2, -0.15) is 0 Å². The molecule has 7 rings (SSSR count). The molecule has 0 aliphatic carbocycles. The molecule has 9 heteroatoms. The average molecular weight is 727 g/mol. The molecule has 0 bridgehead atoms. The summed E-state index contributed by atoms with van der Waals surface area (Å²) in [6.07, 6.45) is 1.66. The third kappa shape index (κ3) is 8.22. The third-order valence-corrected chi connectivity index (χ3v) is 10.6. The maximum Gasteiger partial charge on any atom is 0.256 e. The highest BCUT2D eigenvalue weighted by molar-refractivity contribution is 6.01. The van der Waals surface area contributed by atoms with Crippen molar-refractivity contribution < 1.29 is 23.8 Å². The Morgan fingerprint density at radius 1 is 0.759 bits per heavy atom. The molecule has 2 fully saturated rings. The van der Waals surface area contributed by atoms with Crippen LogP contribution in [0.15, 0.2) is 109 Å². The summed E-state index contributed by atoms with van der Waals surface area (Å²) in [6.45, 7) is 7.41. The fourth-order valence-electron chi connectivity index (χ4n) is 7.91. The van der Waals surface area contributed by atoms with Gasteiger partial charge in [-0.1, -0.05) is 91.0 Å². The van der Waals surface area contributed by atoms with E-state index in [1.807, 2.05) is 54.3 Å². The molecule has 0 unspecified atom stereocenters. The maximum absolute atomic E-state index is 15.1. The number of aryl methyl sites for hydroxylation is 2. The summed E-state index contributed by atoms with van der Waals surface area (Å²) in [5, 5.41) is 0. The zero-order chi connectivity index (χ0) is 37.4. The number of carbonyl (C=O) groups is 2. The number of methoxy groups -OCH3 is 2. The number of hydrogen-bond donors (Lipinski definition) is 0. The lowest BCUT2D eigenvalue weighted by atomic mass is 9.99. The van der Waals surface area contributed by atoms with Crippen LogP contribution in [-0.2, 0) is 28.9 Å². The smallest absolute Gasteiger partial charge is 0.256 e. The first-order chi connectivity index (χ1) is 26.4. The first-order valence-corrected chi connectivity index (χ1v) is 18.9. The van der Waals surface area contributed by atoms with Crippen molar-refractivity contribution in [2.24, 2.45) is 0 Å². The van der Waals surface area contributed by atoms with Crippen molar-refractivity contribution in [3.8, 4) is 28.4 Å². The molecule has 0 saturated carbocycles. The maximum atomic E-state index is 15.1. The summed E-state index contributed by atoms with van der Waals surface area (Å²) >= 11 is 0. The summed E-state index contributed by atoms with van der Waals surface area (Å²) in [6, 6.07) is 37.1. The number of piperazine rings is 1. The van der Waals surface area contributed by atoms with Crippen molar-refractivity contribution in [2.45, 2.75) is 38.8 Å². The van der Waals surface area contributed by atoms with E-state index >= 15 is 4.79 Å². The Morgan fingerprint density at radius 2 is 1.43 bits per heavy atom. The highest BCUT2D eigenvalue weighted by Crippen LogP contribution is 2.41. The molecule has 2 saturated heterocycles. The largest absolute Gasteiger partial charge is 0.493 e. The first kappa shape index (κ1) is 37.0. The molecule has 2 amide bonds. The van der Waals surface area contributed by atoms with Crippen molar-refractivity contribution in [1.82, 2.24) is 19.3 Å².